The lowest BCUT2D eigenvalue weighted by atomic mass is 10.0. The first-order valence-corrected chi connectivity index (χ1v) is 12.8. The fourth-order valence-electron chi connectivity index (χ4n) is 4.11. The van der Waals surface area contributed by atoms with Crippen LogP contribution in [-0.2, 0) is 36.8 Å². The smallest absolute Gasteiger partial charge is 0.326 e. The highest BCUT2D eigenvalue weighted by atomic mass is 16.4. The van der Waals surface area contributed by atoms with Crippen molar-refractivity contribution < 1.29 is 39.3 Å². The van der Waals surface area contributed by atoms with E-state index in [2.05, 4.69) is 30.9 Å². The highest BCUT2D eigenvalue weighted by Crippen LogP contribution is 2.19. The van der Waals surface area contributed by atoms with E-state index in [4.69, 9.17) is 5.73 Å². The van der Waals surface area contributed by atoms with Gasteiger partial charge >= 0.3 is 11.9 Å². The van der Waals surface area contributed by atoms with E-state index in [1.807, 2.05) is 18.2 Å². The highest BCUT2D eigenvalue weighted by molar-refractivity contribution is 5.95. The number of hydrogen-bond donors (Lipinski definition) is 9. The van der Waals surface area contributed by atoms with Crippen molar-refractivity contribution in [2.45, 2.75) is 62.9 Å². The average molecular weight is 572 g/mol. The third-order valence-electron chi connectivity index (χ3n) is 6.43. The van der Waals surface area contributed by atoms with Gasteiger partial charge in [0.05, 0.1) is 12.4 Å². The zero-order chi connectivity index (χ0) is 30.1. The Hall–Kier alpha value is -4.76. The Morgan fingerprint density at radius 1 is 0.927 bits per heavy atom. The molecule has 0 saturated carbocycles. The maximum atomic E-state index is 13.5. The molecule has 5 unspecified atom stereocenters. The molecule has 3 aromatic rings. The van der Waals surface area contributed by atoms with E-state index in [-0.39, 0.29) is 19.3 Å². The van der Waals surface area contributed by atoms with Crippen LogP contribution in [0.1, 0.15) is 31.0 Å². The molecule has 2 aromatic heterocycles. The number of imidazole rings is 1. The minimum atomic E-state index is -1.45. The van der Waals surface area contributed by atoms with Crippen molar-refractivity contribution in [3.05, 3.63) is 54.2 Å². The van der Waals surface area contributed by atoms with Crippen molar-refractivity contribution in [2.75, 3.05) is 0 Å². The number of nitrogens with zero attached hydrogens (tertiary/aromatic N) is 1. The maximum Gasteiger partial charge on any atom is 0.326 e. The third kappa shape index (κ3) is 8.61. The van der Waals surface area contributed by atoms with E-state index in [1.54, 1.807) is 12.3 Å². The summed E-state index contributed by atoms with van der Waals surface area (Å²) in [6.07, 6.45) is 2.12. The number of amides is 3. The molecule has 0 saturated heterocycles. The molecule has 2 heterocycles. The number of H-pyrrole nitrogens is 2. The fourth-order valence-corrected chi connectivity index (χ4v) is 4.11. The molecule has 3 amide bonds. The van der Waals surface area contributed by atoms with E-state index in [0.29, 0.717) is 11.3 Å². The second-order valence-corrected chi connectivity index (χ2v) is 9.57. The zero-order valence-corrected chi connectivity index (χ0v) is 22.2. The van der Waals surface area contributed by atoms with Crippen LogP contribution in [0.4, 0.5) is 0 Å². The van der Waals surface area contributed by atoms with Crippen molar-refractivity contribution >= 4 is 40.6 Å². The molecule has 15 nitrogen and oxygen atoms in total. The summed E-state index contributed by atoms with van der Waals surface area (Å²) in [5, 5.41) is 36.6. The van der Waals surface area contributed by atoms with E-state index < -0.39 is 66.4 Å². The average Bonchev–Trinajstić information content (AvgIpc) is 3.59. The van der Waals surface area contributed by atoms with Gasteiger partial charge in [-0.1, -0.05) is 18.2 Å². The summed E-state index contributed by atoms with van der Waals surface area (Å²) in [4.78, 5) is 71.9. The van der Waals surface area contributed by atoms with Gasteiger partial charge in [-0.2, -0.15) is 0 Å². The maximum absolute atomic E-state index is 13.5. The molecule has 10 N–H and O–H groups in total. The van der Waals surface area contributed by atoms with Crippen molar-refractivity contribution in [1.29, 1.82) is 0 Å². The molecule has 5 atom stereocenters. The summed E-state index contributed by atoms with van der Waals surface area (Å²) in [6, 6.07) is 1.76. The van der Waals surface area contributed by atoms with Crippen LogP contribution >= 0.6 is 0 Å². The van der Waals surface area contributed by atoms with Crippen molar-refractivity contribution in [3.8, 4) is 0 Å². The van der Waals surface area contributed by atoms with Crippen LogP contribution in [0.5, 0.6) is 0 Å². The van der Waals surface area contributed by atoms with Crippen molar-refractivity contribution in [3.63, 3.8) is 0 Å². The molecular formula is C26H33N7O8. The van der Waals surface area contributed by atoms with Gasteiger partial charge in [0.25, 0.3) is 0 Å². The zero-order valence-electron chi connectivity index (χ0n) is 22.2. The summed E-state index contributed by atoms with van der Waals surface area (Å²) < 4.78 is 0. The number of carboxylic acid groups (broad SMARTS) is 2. The van der Waals surface area contributed by atoms with Gasteiger partial charge in [0.1, 0.15) is 24.2 Å². The van der Waals surface area contributed by atoms with Crippen LogP contribution < -0.4 is 21.7 Å². The molecule has 41 heavy (non-hydrogen) atoms. The molecule has 220 valence electrons. The minimum absolute atomic E-state index is 0.0427. The molecule has 0 radical (unpaired) electrons. The Morgan fingerprint density at radius 2 is 1.59 bits per heavy atom. The van der Waals surface area contributed by atoms with E-state index >= 15 is 0 Å². The number of rotatable bonds is 15. The molecule has 0 aliphatic carbocycles. The summed E-state index contributed by atoms with van der Waals surface area (Å²) in [5.41, 5.74) is 7.62. The first kappa shape index (κ1) is 30.8. The van der Waals surface area contributed by atoms with E-state index in [0.717, 1.165) is 10.9 Å². The molecule has 1 aromatic carbocycles. The second-order valence-electron chi connectivity index (χ2n) is 9.57. The number of para-hydroxylation sites is 1. The van der Waals surface area contributed by atoms with Crippen LogP contribution in [-0.4, -0.2) is 90.2 Å². The van der Waals surface area contributed by atoms with Crippen molar-refractivity contribution in [2.24, 2.45) is 5.73 Å². The molecule has 0 aliphatic rings. The lowest BCUT2D eigenvalue weighted by Crippen LogP contribution is -2.58. The SMILES string of the molecule is CC(O)C(N)C(=O)NC(Cc1c[nH]c2ccccc12)C(=O)NC(CCC(=O)O)C(=O)NC(Cc1cnc[nH]1)C(=O)O. The summed E-state index contributed by atoms with van der Waals surface area (Å²) in [6.45, 7) is 1.31. The molecule has 3 rings (SSSR count). The highest BCUT2D eigenvalue weighted by Gasteiger charge is 2.32. The van der Waals surface area contributed by atoms with Crippen LogP contribution in [0.25, 0.3) is 10.9 Å². The molecule has 0 aliphatic heterocycles. The minimum Gasteiger partial charge on any atom is -0.481 e. The number of hydrogen-bond acceptors (Lipinski definition) is 8. The van der Waals surface area contributed by atoms with Crippen LogP contribution in [0.15, 0.2) is 43.0 Å². The van der Waals surface area contributed by atoms with E-state index in [1.165, 1.54) is 19.4 Å². The molecule has 0 bridgehead atoms. The lowest BCUT2D eigenvalue weighted by molar-refractivity contribution is -0.143. The lowest BCUT2D eigenvalue weighted by Gasteiger charge is -2.25. The first-order valence-electron chi connectivity index (χ1n) is 12.8. The number of nitrogens with one attached hydrogen (secondary N) is 5. The number of aliphatic hydroxyl groups excluding tert-OH is 1. The number of aliphatic hydroxyl groups is 1. The Balaban J connectivity index is 1.83. The normalized spacial score (nSPS) is 14.8. The van der Waals surface area contributed by atoms with E-state index in [9.17, 15) is 39.3 Å². The quantitative estimate of drug-likeness (QED) is 0.105. The predicted octanol–water partition coefficient (Wildman–Crippen LogP) is -1.21. The second kappa shape index (κ2) is 14.0. The number of aromatic nitrogens is 3. The van der Waals surface area contributed by atoms with Crippen LogP contribution in [0.3, 0.4) is 0 Å². The van der Waals surface area contributed by atoms with Gasteiger partial charge in [0.15, 0.2) is 0 Å². The van der Waals surface area contributed by atoms with Crippen LogP contribution in [0.2, 0.25) is 0 Å². The standard InChI is InChI=1S/C26H33N7O8/c1-13(34)22(27)25(39)32-19(8-14-10-29-17-5-3-2-4-16(14)17)24(38)31-18(6-7-21(35)36)23(37)33-20(26(40)41)9-15-11-28-12-30-15/h2-5,10-13,18-20,22,29,34H,6-9,27H2,1H3,(H,28,30)(H,31,38)(H,32,39)(H,33,37)(H,35,36)(H,40,41). The molecular weight excluding hydrogens is 538 g/mol. The van der Waals surface area contributed by atoms with Crippen molar-refractivity contribution in [1.82, 2.24) is 30.9 Å². The first-order chi connectivity index (χ1) is 19.5. The summed E-state index contributed by atoms with van der Waals surface area (Å²) >= 11 is 0. The number of carboxylic acids is 2. The predicted molar refractivity (Wildman–Crippen MR) is 144 cm³/mol. The largest absolute Gasteiger partial charge is 0.481 e. The Bertz CT molecular complexity index is 1370. The Kier molecular flexibility index (Phi) is 10.5. The Morgan fingerprint density at radius 3 is 2.22 bits per heavy atom. The number of aliphatic carboxylic acids is 2. The molecule has 0 fully saturated rings. The molecule has 0 spiro atoms. The van der Waals surface area contributed by atoms with Gasteiger partial charge < -0.3 is 47.0 Å². The fraction of sp³-hybridized carbons (Fsp3) is 0.385. The number of benzene rings is 1. The molecule has 15 heteroatoms. The number of fused-ring (bicyclic) bond motifs is 1. The third-order valence-corrected chi connectivity index (χ3v) is 6.43. The van der Waals surface area contributed by atoms with Crippen LogP contribution in [0, 0.1) is 0 Å². The monoisotopic (exact) mass is 571 g/mol. The Labute approximate surface area is 233 Å². The van der Waals surface area contributed by atoms with Gasteiger partial charge in [0, 0.05) is 48.3 Å². The summed E-state index contributed by atoms with van der Waals surface area (Å²) in [5.74, 6) is -5.18. The topological polar surface area (TPSA) is 253 Å². The summed E-state index contributed by atoms with van der Waals surface area (Å²) in [7, 11) is 0. The number of carbonyl (C=O) groups is 5. The van der Waals surface area contributed by atoms with Gasteiger partial charge in [-0.3, -0.25) is 19.2 Å². The number of carbonyl (C=O) groups excluding carboxylic acids is 3. The van der Waals surface area contributed by atoms with Gasteiger partial charge in [-0.05, 0) is 25.0 Å². The number of nitrogens with two attached hydrogens (primary N) is 1. The van der Waals surface area contributed by atoms with Gasteiger partial charge in [-0.25, -0.2) is 9.78 Å². The number of aromatic amines is 2. The van der Waals surface area contributed by atoms with Gasteiger partial charge in [0.2, 0.25) is 17.7 Å². The van der Waals surface area contributed by atoms with Gasteiger partial charge in [-0.15, -0.1) is 0 Å².